The normalized spacial score (nSPS) is 11.6. The standard InChI is InChI=1S/C15H20N2O2/c1-5-13-11(10-19-17-13)9-18-12-6-7-14(16-8-12)15(2,3)4/h6-8,10H,5,9H2,1-4H3. The summed E-state index contributed by atoms with van der Waals surface area (Å²) in [5.74, 6) is 0.760. The molecule has 0 atom stereocenters. The zero-order valence-corrected chi connectivity index (χ0v) is 11.9. The van der Waals surface area contributed by atoms with Gasteiger partial charge in [-0.15, -0.1) is 0 Å². The summed E-state index contributed by atoms with van der Waals surface area (Å²) in [5, 5.41) is 3.92. The summed E-state index contributed by atoms with van der Waals surface area (Å²) >= 11 is 0. The number of nitrogens with zero attached hydrogens (tertiary/aromatic N) is 2. The van der Waals surface area contributed by atoms with Gasteiger partial charge in [-0.2, -0.15) is 0 Å². The first-order valence-corrected chi connectivity index (χ1v) is 6.52. The average Bonchev–Trinajstić information content (AvgIpc) is 2.83. The molecule has 0 aliphatic carbocycles. The minimum atomic E-state index is 0.0579. The van der Waals surface area contributed by atoms with Crippen LogP contribution in [0.4, 0.5) is 0 Å². The van der Waals surface area contributed by atoms with Crippen LogP contribution in [-0.4, -0.2) is 10.1 Å². The molecular formula is C15H20N2O2. The van der Waals surface area contributed by atoms with E-state index in [1.807, 2.05) is 19.1 Å². The first-order chi connectivity index (χ1) is 9.00. The van der Waals surface area contributed by atoms with Gasteiger partial charge in [-0.1, -0.05) is 32.9 Å². The molecule has 0 unspecified atom stereocenters. The van der Waals surface area contributed by atoms with Gasteiger partial charge in [0.1, 0.15) is 18.6 Å². The minimum absolute atomic E-state index is 0.0579. The van der Waals surface area contributed by atoms with Crippen molar-refractivity contribution in [1.29, 1.82) is 0 Å². The molecule has 4 nitrogen and oxygen atoms in total. The van der Waals surface area contributed by atoms with Gasteiger partial charge < -0.3 is 9.26 Å². The molecule has 0 radical (unpaired) electrons. The van der Waals surface area contributed by atoms with Gasteiger partial charge in [0.05, 0.1) is 17.5 Å². The van der Waals surface area contributed by atoms with Crippen LogP contribution in [0.1, 0.15) is 44.6 Å². The van der Waals surface area contributed by atoms with E-state index >= 15 is 0 Å². The van der Waals surface area contributed by atoms with E-state index in [-0.39, 0.29) is 5.41 Å². The summed E-state index contributed by atoms with van der Waals surface area (Å²) in [6, 6.07) is 3.95. The first-order valence-electron chi connectivity index (χ1n) is 6.52. The quantitative estimate of drug-likeness (QED) is 0.844. The molecule has 0 aliphatic heterocycles. The van der Waals surface area contributed by atoms with Crippen molar-refractivity contribution in [3.8, 4) is 5.75 Å². The predicted octanol–water partition coefficient (Wildman–Crippen LogP) is 3.51. The van der Waals surface area contributed by atoms with Crippen LogP contribution in [0.15, 0.2) is 29.1 Å². The number of hydrogen-bond donors (Lipinski definition) is 0. The largest absolute Gasteiger partial charge is 0.487 e. The van der Waals surface area contributed by atoms with E-state index in [9.17, 15) is 0 Å². The Morgan fingerprint density at radius 1 is 1.26 bits per heavy atom. The molecule has 19 heavy (non-hydrogen) atoms. The molecule has 0 saturated carbocycles. The van der Waals surface area contributed by atoms with Crippen LogP contribution in [0.2, 0.25) is 0 Å². The van der Waals surface area contributed by atoms with Crippen LogP contribution < -0.4 is 4.74 Å². The third-order valence-corrected chi connectivity index (χ3v) is 2.96. The van der Waals surface area contributed by atoms with E-state index in [0.29, 0.717) is 6.61 Å². The highest BCUT2D eigenvalue weighted by Gasteiger charge is 2.15. The van der Waals surface area contributed by atoms with Crippen molar-refractivity contribution < 1.29 is 9.26 Å². The minimum Gasteiger partial charge on any atom is -0.487 e. The third-order valence-electron chi connectivity index (χ3n) is 2.96. The Labute approximate surface area is 113 Å². The highest BCUT2D eigenvalue weighted by Crippen LogP contribution is 2.22. The van der Waals surface area contributed by atoms with Crippen molar-refractivity contribution in [3.63, 3.8) is 0 Å². The Bertz CT molecular complexity index is 524. The van der Waals surface area contributed by atoms with Crippen LogP contribution in [-0.2, 0) is 18.4 Å². The molecule has 0 saturated heterocycles. The Balaban J connectivity index is 2.01. The van der Waals surface area contributed by atoms with Gasteiger partial charge in [0.25, 0.3) is 0 Å². The molecule has 0 fully saturated rings. The van der Waals surface area contributed by atoms with Crippen molar-refractivity contribution in [2.45, 2.75) is 46.1 Å². The molecule has 0 aromatic carbocycles. The fourth-order valence-electron chi connectivity index (χ4n) is 1.76. The van der Waals surface area contributed by atoms with Crippen LogP contribution in [0, 0.1) is 0 Å². The van der Waals surface area contributed by atoms with Crippen LogP contribution in [0.3, 0.4) is 0 Å². The molecule has 102 valence electrons. The molecule has 0 bridgehead atoms. The number of rotatable bonds is 4. The number of hydrogen-bond acceptors (Lipinski definition) is 4. The lowest BCUT2D eigenvalue weighted by atomic mass is 9.92. The third kappa shape index (κ3) is 3.34. The maximum Gasteiger partial charge on any atom is 0.138 e. The second-order valence-corrected chi connectivity index (χ2v) is 5.56. The lowest BCUT2D eigenvalue weighted by molar-refractivity contribution is 0.302. The molecular weight excluding hydrogens is 240 g/mol. The summed E-state index contributed by atoms with van der Waals surface area (Å²) in [6.45, 7) is 8.92. The second-order valence-electron chi connectivity index (χ2n) is 5.56. The summed E-state index contributed by atoms with van der Waals surface area (Å²) in [4.78, 5) is 4.43. The Morgan fingerprint density at radius 2 is 2.05 bits per heavy atom. The van der Waals surface area contributed by atoms with Crippen molar-refractivity contribution in [2.75, 3.05) is 0 Å². The van der Waals surface area contributed by atoms with Crippen LogP contribution in [0.25, 0.3) is 0 Å². The molecule has 2 aromatic rings. The highest BCUT2D eigenvalue weighted by atomic mass is 16.5. The Morgan fingerprint density at radius 3 is 2.63 bits per heavy atom. The predicted molar refractivity (Wildman–Crippen MR) is 73.2 cm³/mol. The smallest absolute Gasteiger partial charge is 0.138 e. The fourth-order valence-corrected chi connectivity index (χ4v) is 1.76. The maximum absolute atomic E-state index is 5.70. The zero-order valence-electron chi connectivity index (χ0n) is 11.9. The lowest BCUT2D eigenvalue weighted by Crippen LogP contribution is -2.13. The molecule has 2 aromatic heterocycles. The average molecular weight is 260 g/mol. The topological polar surface area (TPSA) is 48.2 Å². The Kier molecular flexibility index (Phi) is 3.88. The molecule has 2 heterocycles. The van der Waals surface area contributed by atoms with E-state index in [4.69, 9.17) is 9.26 Å². The molecule has 0 amide bonds. The number of aryl methyl sites for hydroxylation is 1. The summed E-state index contributed by atoms with van der Waals surface area (Å²) < 4.78 is 10.6. The summed E-state index contributed by atoms with van der Waals surface area (Å²) in [6.07, 6.45) is 4.24. The molecule has 2 rings (SSSR count). The lowest BCUT2D eigenvalue weighted by Gasteiger charge is -2.17. The maximum atomic E-state index is 5.70. The van der Waals surface area contributed by atoms with Gasteiger partial charge in [0, 0.05) is 11.1 Å². The molecule has 0 N–H and O–H groups in total. The Hall–Kier alpha value is -1.84. The van der Waals surface area contributed by atoms with E-state index in [1.165, 1.54) is 0 Å². The van der Waals surface area contributed by atoms with Crippen molar-refractivity contribution >= 4 is 0 Å². The monoisotopic (exact) mass is 260 g/mol. The number of ether oxygens (including phenoxy) is 1. The second kappa shape index (κ2) is 5.43. The van der Waals surface area contributed by atoms with Gasteiger partial charge in [-0.3, -0.25) is 4.98 Å². The SMILES string of the molecule is CCc1nocc1COc1ccc(C(C)(C)C)nc1. The highest BCUT2D eigenvalue weighted by molar-refractivity contribution is 5.24. The summed E-state index contributed by atoms with van der Waals surface area (Å²) in [7, 11) is 0. The van der Waals surface area contributed by atoms with Gasteiger partial charge in [-0.05, 0) is 18.6 Å². The van der Waals surface area contributed by atoms with Crippen LogP contribution >= 0.6 is 0 Å². The van der Waals surface area contributed by atoms with E-state index in [0.717, 1.165) is 29.1 Å². The number of pyridine rings is 1. The van der Waals surface area contributed by atoms with Crippen molar-refractivity contribution in [2.24, 2.45) is 0 Å². The zero-order chi connectivity index (χ0) is 13.9. The van der Waals surface area contributed by atoms with Gasteiger partial charge in [-0.25, -0.2) is 0 Å². The van der Waals surface area contributed by atoms with Gasteiger partial charge >= 0.3 is 0 Å². The van der Waals surface area contributed by atoms with Gasteiger partial charge in [0.2, 0.25) is 0 Å². The first kappa shape index (κ1) is 13.6. The number of aromatic nitrogens is 2. The molecule has 0 aliphatic rings. The molecule has 0 spiro atoms. The fraction of sp³-hybridized carbons (Fsp3) is 0.467. The van der Waals surface area contributed by atoms with Gasteiger partial charge in [0.15, 0.2) is 0 Å². The van der Waals surface area contributed by atoms with E-state index in [2.05, 4.69) is 30.9 Å². The van der Waals surface area contributed by atoms with E-state index < -0.39 is 0 Å². The van der Waals surface area contributed by atoms with Crippen molar-refractivity contribution in [1.82, 2.24) is 10.1 Å². The molecule has 4 heteroatoms. The van der Waals surface area contributed by atoms with Crippen LogP contribution in [0.5, 0.6) is 5.75 Å². The summed E-state index contributed by atoms with van der Waals surface area (Å²) in [5.41, 5.74) is 3.04. The van der Waals surface area contributed by atoms with E-state index in [1.54, 1.807) is 12.5 Å². The van der Waals surface area contributed by atoms with Crippen molar-refractivity contribution in [3.05, 3.63) is 41.5 Å².